The Morgan fingerprint density at radius 2 is 1.83 bits per heavy atom. The van der Waals surface area contributed by atoms with E-state index < -0.39 is 0 Å². The van der Waals surface area contributed by atoms with Gasteiger partial charge in [-0.3, -0.25) is 9.79 Å². The van der Waals surface area contributed by atoms with Crippen molar-refractivity contribution in [2.45, 2.75) is 13.0 Å². The van der Waals surface area contributed by atoms with Crippen LogP contribution in [0.2, 0.25) is 0 Å². The van der Waals surface area contributed by atoms with Gasteiger partial charge in [-0.15, -0.1) is 24.0 Å². The lowest BCUT2D eigenvalue weighted by atomic mass is 10.2. The standard InChI is InChI=1S/C15H23N3O4.HI/c1-16-15(17-8-7-14(19)22-4)18-10-11-5-6-12(20-2)13(9-11)21-3;/h5-6,9H,7-8,10H2,1-4H3,(H2,16,17,18);1H. The zero-order chi connectivity index (χ0) is 16.4. The number of hydrogen-bond donors (Lipinski definition) is 2. The minimum absolute atomic E-state index is 0. The van der Waals surface area contributed by atoms with E-state index in [-0.39, 0.29) is 36.4 Å². The highest BCUT2D eigenvalue weighted by Gasteiger charge is 2.06. The summed E-state index contributed by atoms with van der Waals surface area (Å²) >= 11 is 0. The van der Waals surface area contributed by atoms with Gasteiger partial charge in [0.2, 0.25) is 0 Å². The normalized spacial score (nSPS) is 10.3. The fourth-order valence-electron chi connectivity index (χ4n) is 1.78. The van der Waals surface area contributed by atoms with Crippen LogP contribution in [0.25, 0.3) is 0 Å². The van der Waals surface area contributed by atoms with Gasteiger partial charge < -0.3 is 24.8 Å². The first-order valence-corrected chi connectivity index (χ1v) is 6.86. The van der Waals surface area contributed by atoms with E-state index in [9.17, 15) is 4.79 Å². The fourth-order valence-corrected chi connectivity index (χ4v) is 1.78. The van der Waals surface area contributed by atoms with E-state index >= 15 is 0 Å². The SMILES string of the molecule is CN=C(NCCC(=O)OC)NCc1ccc(OC)c(OC)c1.I. The van der Waals surface area contributed by atoms with Crippen LogP contribution in [-0.2, 0) is 16.1 Å². The largest absolute Gasteiger partial charge is 0.493 e. The van der Waals surface area contributed by atoms with Crippen molar-refractivity contribution >= 4 is 35.9 Å². The molecule has 0 saturated carbocycles. The van der Waals surface area contributed by atoms with Gasteiger partial charge in [-0.25, -0.2) is 0 Å². The molecule has 0 aliphatic rings. The molecular weight excluding hydrogens is 413 g/mol. The van der Waals surface area contributed by atoms with Crippen LogP contribution in [-0.4, -0.2) is 46.9 Å². The van der Waals surface area contributed by atoms with E-state index in [4.69, 9.17) is 9.47 Å². The first-order chi connectivity index (χ1) is 10.6. The molecule has 0 saturated heterocycles. The number of aliphatic imine (C=N–C) groups is 1. The Morgan fingerprint density at radius 1 is 1.13 bits per heavy atom. The molecule has 8 heteroatoms. The number of halogens is 1. The summed E-state index contributed by atoms with van der Waals surface area (Å²) in [5, 5.41) is 6.19. The van der Waals surface area contributed by atoms with E-state index in [0.29, 0.717) is 30.5 Å². The maximum atomic E-state index is 11.0. The smallest absolute Gasteiger partial charge is 0.307 e. The fraction of sp³-hybridized carbons (Fsp3) is 0.467. The second-order valence-electron chi connectivity index (χ2n) is 4.37. The molecule has 2 N–H and O–H groups in total. The van der Waals surface area contributed by atoms with E-state index in [1.807, 2.05) is 18.2 Å². The molecular formula is C15H24IN3O4. The van der Waals surface area contributed by atoms with Crippen molar-refractivity contribution in [2.75, 3.05) is 34.9 Å². The Kier molecular flexibility index (Phi) is 10.9. The summed E-state index contributed by atoms with van der Waals surface area (Å²) in [6.45, 7) is 1.02. The Bertz CT molecular complexity index is 523. The molecule has 0 unspecified atom stereocenters. The third kappa shape index (κ3) is 7.40. The second kappa shape index (κ2) is 11.8. The third-order valence-electron chi connectivity index (χ3n) is 2.98. The van der Waals surface area contributed by atoms with Gasteiger partial charge >= 0.3 is 5.97 Å². The molecule has 130 valence electrons. The van der Waals surface area contributed by atoms with Crippen LogP contribution in [0.3, 0.4) is 0 Å². The zero-order valence-corrected chi connectivity index (χ0v) is 16.2. The topological polar surface area (TPSA) is 81.2 Å². The monoisotopic (exact) mass is 437 g/mol. The number of ether oxygens (including phenoxy) is 3. The van der Waals surface area contributed by atoms with E-state index in [0.717, 1.165) is 5.56 Å². The number of hydrogen-bond acceptors (Lipinski definition) is 5. The highest BCUT2D eigenvalue weighted by atomic mass is 127. The van der Waals surface area contributed by atoms with Gasteiger partial charge in [0.1, 0.15) is 0 Å². The Morgan fingerprint density at radius 3 is 2.39 bits per heavy atom. The van der Waals surface area contributed by atoms with E-state index in [1.165, 1.54) is 7.11 Å². The number of carbonyl (C=O) groups is 1. The Labute approximate surface area is 153 Å². The number of nitrogens with zero attached hydrogens (tertiary/aromatic N) is 1. The first kappa shape index (κ1) is 21.3. The summed E-state index contributed by atoms with van der Waals surface area (Å²) in [6.07, 6.45) is 0.285. The van der Waals surface area contributed by atoms with Crippen LogP contribution in [0.15, 0.2) is 23.2 Å². The van der Waals surface area contributed by atoms with Crippen LogP contribution in [0.4, 0.5) is 0 Å². The van der Waals surface area contributed by atoms with Gasteiger partial charge in [0, 0.05) is 20.1 Å². The predicted molar refractivity (Wildman–Crippen MR) is 99.8 cm³/mol. The molecule has 0 aliphatic carbocycles. The molecule has 23 heavy (non-hydrogen) atoms. The summed E-state index contributed by atoms with van der Waals surface area (Å²) in [5.74, 6) is 1.71. The third-order valence-corrected chi connectivity index (χ3v) is 2.98. The van der Waals surface area contributed by atoms with E-state index in [1.54, 1.807) is 21.3 Å². The summed E-state index contributed by atoms with van der Waals surface area (Å²) in [6, 6.07) is 5.69. The number of esters is 1. The highest BCUT2D eigenvalue weighted by molar-refractivity contribution is 14.0. The van der Waals surface area contributed by atoms with Crippen molar-refractivity contribution in [3.8, 4) is 11.5 Å². The first-order valence-electron chi connectivity index (χ1n) is 6.86. The summed E-state index contributed by atoms with van der Waals surface area (Å²) < 4.78 is 15.0. The second-order valence-corrected chi connectivity index (χ2v) is 4.37. The molecule has 0 aliphatic heterocycles. The van der Waals surface area contributed by atoms with Crippen molar-refractivity contribution in [3.63, 3.8) is 0 Å². The molecule has 1 aromatic rings. The molecule has 1 aromatic carbocycles. The average Bonchev–Trinajstić information content (AvgIpc) is 2.57. The van der Waals surface area contributed by atoms with Gasteiger partial charge in [0.25, 0.3) is 0 Å². The Hall–Kier alpha value is -1.71. The number of nitrogens with one attached hydrogen (secondary N) is 2. The van der Waals surface area contributed by atoms with Gasteiger partial charge in [-0.2, -0.15) is 0 Å². The summed E-state index contributed by atoms with van der Waals surface area (Å²) in [4.78, 5) is 15.1. The van der Waals surface area contributed by atoms with Crippen LogP contribution in [0, 0.1) is 0 Å². The molecule has 1 rings (SSSR count). The molecule has 0 aromatic heterocycles. The van der Waals surface area contributed by atoms with E-state index in [2.05, 4.69) is 20.4 Å². The number of guanidine groups is 1. The summed E-state index contributed by atoms with van der Waals surface area (Å²) in [7, 11) is 6.24. The predicted octanol–water partition coefficient (Wildman–Crippen LogP) is 1.55. The van der Waals surface area contributed by atoms with Gasteiger partial charge in [-0.05, 0) is 17.7 Å². The zero-order valence-electron chi connectivity index (χ0n) is 13.8. The van der Waals surface area contributed by atoms with Gasteiger partial charge in [0.05, 0.1) is 27.8 Å². The minimum Gasteiger partial charge on any atom is -0.493 e. The highest BCUT2D eigenvalue weighted by Crippen LogP contribution is 2.27. The van der Waals surface area contributed by atoms with Crippen molar-refractivity contribution < 1.29 is 19.0 Å². The molecule has 7 nitrogen and oxygen atoms in total. The van der Waals surface area contributed by atoms with Crippen molar-refractivity contribution in [1.29, 1.82) is 0 Å². The van der Waals surface area contributed by atoms with Gasteiger partial charge in [0.15, 0.2) is 17.5 Å². The maximum Gasteiger partial charge on any atom is 0.307 e. The number of rotatable bonds is 7. The molecule has 0 amide bonds. The number of benzene rings is 1. The molecule has 0 spiro atoms. The van der Waals surface area contributed by atoms with Crippen LogP contribution < -0.4 is 20.1 Å². The lowest BCUT2D eigenvalue weighted by molar-refractivity contribution is -0.140. The molecule has 0 heterocycles. The van der Waals surface area contributed by atoms with Crippen molar-refractivity contribution in [3.05, 3.63) is 23.8 Å². The molecule has 0 atom stereocenters. The average molecular weight is 437 g/mol. The molecule has 0 radical (unpaired) electrons. The maximum absolute atomic E-state index is 11.0. The van der Waals surface area contributed by atoms with Crippen LogP contribution in [0.1, 0.15) is 12.0 Å². The Balaban J connectivity index is 0.00000484. The van der Waals surface area contributed by atoms with Crippen LogP contribution in [0.5, 0.6) is 11.5 Å². The molecule has 0 bridgehead atoms. The minimum atomic E-state index is -0.261. The quantitative estimate of drug-likeness (QED) is 0.292. The number of methoxy groups -OCH3 is 3. The lowest BCUT2D eigenvalue weighted by Crippen LogP contribution is -2.37. The summed E-state index contributed by atoms with van der Waals surface area (Å²) in [5.41, 5.74) is 1.02. The van der Waals surface area contributed by atoms with Crippen molar-refractivity contribution in [1.82, 2.24) is 10.6 Å². The lowest BCUT2D eigenvalue weighted by Gasteiger charge is -2.13. The number of carbonyl (C=O) groups excluding carboxylic acids is 1. The van der Waals surface area contributed by atoms with Crippen molar-refractivity contribution in [2.24, 2.45) is 4.99 Å². The van der Waals surface area contributed by atoms with Gasteiger partial charge in [-0.1, -0.05) is 6.07 Å². The molecule has 0 fully saturated rings. The van der Waals surface area contributed by atoms with Crippen LogP contribution >= 0.6 is 24.0 Å².